The van der Waals surface area contributed by atoms with Crippen molar-refractivity contribution >= 4 is 59.4 Å². The lowest BCUT2D eigenvalue weighted by atomic mass is 10.1. The Hall–Kier alpha value is -4.00. The van der Waals surface area contributed by atoms with Gasteiger partial charge in [-0.25, -0.2) is 4.98 Å². The van der Waals surface area contributed by atoms with E-state index in [0.29, 0.717) is 61.0 Å². The smallest absolute Gasteiger partial charge is 0.270 e. The minimum Gasteiger partial charge on any atom is -0.348 e. The van der Waals surface area contributed by atoms with Crippen LogP contribution in [0.25, 0.3) is 16.9 Å². The van der Waals surface area contributed by atoms with Gasteiger partial charge >= 0.3 is 0 Å². The summed E-state index contributed by atoms with van der Waals surface area (Å²) in [5, 5.41) is 9.94. The zero-order valence-electron chi connectivity index (χ0n) is 23.7. The fourth-order valence-electron chi connectivity index (χ4n) is 4.75. The molecule has 0 bridgehead atoms. The minimum atomic E-state index is -0.306. The van der Waals surface area contributed by atoms with Crippen LogP contribution in [0.15, 0.2) is 63.2 Å². The highest BCUT2D eigenvalue weighted by molar-refractivity contribution is 7.99. The molecule has 1 aromatic carbocycles. The van der Waals surface area contributed by atoms with Crippen LogP contribution >= 0.6 is 23.1 Å². The maximum atomic E-state index is 13.6. The van der Waals surface area contributed by atoms with E-state index >= 15 is 0 Å². The SMILES string of the molecule is C=Nc1ccc(CNC(=O)c2cccn3c(C(=O)NC4CCN(C=O)CC4)c(-c4ccsc4)nc23)cc1SCN.CC. The Kier molecular flexibility index (Phi) is 10.9. The van der Waals surface area contributed by atoms with Gasteiger partial charge < -0.3 is 21.3 Å². The number of fused-ring (bicyclic) bond motifs is 1. The number of nitrogens with one attached hydrogen (secondary N) is 2. The van der Waals surface area contributed by atoms with E-state index in [1.807, 2.05) is 48.9 Å². The number of thiophene rings is 1. The van der Waals surface area contributed by atoms with Crippen LogP contribution in [0.4, 0.5) is 5.69 Å². The van der Waals surface area contributed by atoms with E-state index in [0.717, 1.165) is 28.1 Å². The summed E-state index contributed by atoms with van der Waals surface area (Å²) in [6, 6.07) is 11.0. The number of hydrogen-bond donors (Lipinski definition) is 3. The van der Waals surface area contributed by atoms with Crippen molar-refractivity contribution in [2.75, 3.05) is 19.0 Å². The van der Waals surface area contributed by atoms with Gasteiger partial charge in [0, 0.05) is 53.6 Å². The average Bonchev–Trinajstić information content (AvgIpc) is 3.70. The zero-order valence-corrected chi connectivity index (χ0v) is 25.3. The van der Waals surface area contributed by atoms with Crippen LogP contribution < -0.4 is 16.4 Å². The standard InChI is InChI=1S/C28H29N7O3S2.C2H6/c1-30-22-5-4-18(13-23(22)40-16-29)14-31-27(37)21-3-2-9-35-25(24(33-26(21)35)19-8-12-39-15-19)28(38)32-20-6-10-34(17-36)11-7-20;1-2/h2-5,8-9,12-13,15,17,20H,1,6-7,10-11,14,16,29H2,(H,31,37)(H,32,38);1-2H3. The van der Waals surface area contributed by atoms with Gasteiger partial charge in [-0.2, -0.15) is 11.3 Å². The molecule has 0 spiro atoms. The first-order valence-corrected chi connectivity index (χ1v) is 15.7. The summed E-state index contributed by atoms with van der Waals surface area (Å²) < 4.78 is 1.68. The third-order valence-corrected chi connectivity index (χ3v) is 8.29. The molecule has 220 valence electrons. The number of nitrogens with two attached hydrogens (primary N) is 1. The number of nitrogens with zero attached hydrogens (tertiary/aromatic N) is 4. The topological polar surface area (TPSA) is 134 Å². The molecule has 3 amide bonds. The number of imidazole rings is 1. The van der Waals surface area contributed by atoms with E-state index in [2.05, 4.69) is 22.3 Å². The molecule has 1 fully saturated rings. The van der Waals surface area contributed by atoms with Crippen molar-refractivity contribution in [3.05, 3.63) is 70.2 Å². The van der Waals surface area contributed by atoms with Crippen LogP contribution in [-0.2, 0) is 11.3 Å². The van der Waals surface area contributed by atoms with Crippen molar-refractivity contribution in [3.8, 4) is 11.3 Å². The normalized spacial score (nSPS) is 13.3. The number of likely N-dealkylation sites (tertiary alicyclic amines) is 1. The quantitative estimate of drug-likeness (QED) is 0.104. The Balaban J connectivity index is 0.00000198. The first-order valence-electron chi connectivity index (χ1n) is 13.8. The molecule has 10 nitrogen and oxygen atoms in total. The average molecular weight is 606 g/mol. The molecule has 12 heteroatoms. The van der Waals surface area contributed by atoms with Gasteiger partial charge in [-0.3, -0.25) is 23.8 Å². The number of piperidine rings is 1. The van der Waals surface area contributed by atoms with E-state index in [4.69, 9.17) is 10.7 Å². The monoisotopic (exact) mass is 605 g/mol. The molecule has 3 aromatic heterocycles. The molecule has 4 N–H and O–H groups in total. The van der Waals surface area contributed by atoms with Crippen molar-refractivity contribution < 1.29 is 14.4 Å². The Bertz CT molecular complexity index is 1540. The highest BCUT2D eigenvalue weighted by atomic mass is 32.2. The molecular weight excluding hydrogens is 571 g/mol. The maximum Gasteiger partial charge on any atom is 0.270 e. The van der Waals surface area contributed by atoms with E-state index in [9.17, 15) is 14.4 Å². The number of aliphatic imine (C=N–C) groups is 1. The Morgan fingerprint density at radius 1 is 1.21 bits per heavy atom. The van der Waals surface area contributed by atoms with Crippen LogP contribution in [0.2, 0.25) is 0 Å². The first-order chi connectivity index (χ1) is 20.5. The number of hydrogen-bond acceptors (Lipinski definition) is 8. The van der Waals surface area contributed by atoms with E-state index in [1.165, 1.54) is 23.1 Å². The highest BCUT2D eigenvalue weighted by Crippen LogP contribution is 2.30. The van der Waals surface area contributed by atoms with Gasteiger partial charge in [-0.05, 0) is 60.8 Å². The molecule has 42 heavy (non-hydrogen) atoms. The van der Waals surface area contributed by atoms with Crippen molar-refractivity contribution in [3.63, 3.8) is 0 Å². The Morgan fingerprint density at radius 3 is 2.67 bits per heavy atom. The van der Waals surface area contributed by atoms with Crippen LogP contribution in [0.5, 0.6) is 0 Å². The van der Waals surface area contributed by atoms with E-state index in [-0.39, 0.29) is 17.9 Å². The lowest BCUT2D eigenvalue weighted by Gasteiger charge is -2.29. The molecule has 1 aliphatic heterocycles. The number of amides is 3. The Morgan fingerprint density at radius 2 is 2.00 bits per heavy atom. The van der Waals surface area contributed by atoms with Gasteiger partial charge in [0.05, 0.1) is 11.3 Å². The Labute approximate surface area is 253 Å². The number of carbonyl (C=O) groups is 3. The van der Waals surface area contributed by atoms with E-state index in [1.54, 1.807) is 27.6 Å². The molecule has 4 heterocycles. The number of aromatic nitrogens is 2. The summed E-state index contributed by atoms with van der Waals surface area (Å²) in [7, 11) is 0. The molecule has 1 saturated heterocycles. The number of rotatable bonds is 10. The van der Waals surface area contributed by atoms with Gasteiger partial charge in [0.1, 0.15) is 11.4 Å². The molecule has 0 saturated carbocycles. The fraction of sp³-hybridized carbons (Fsp3) is 0.300. The number of pyridine rings is 1. The number of carbonyl (C=O) groups excluding carboxylic acids is 3. The molecule has 1 aliphatic rings. The van der Waals surface area contributed by atoms with Crippen LogP contribution in [0.3, 0.4) is 0 Å². The van der Waals surface area contributed by atoms with Crippen LogP contribution in [0.1, 0.15) is 53.1 Å². The van der Waals surface area contributed by atoms with Gasteiger partial charge in [-0.15, -0.1) is 11.8 Å². The van der Waals surface area contributed by atoms with Crippen LogP contribution in [-0.4, -0.2) is 64.2 Å². The second kappa shape index (κ2) is 14.8. The number of thioether (sulfide) groups is 1. The summed E-state index contributed by atoms with van der Waals surface area (Å²) in [6.07, 6.45) is 3.95. The van der Waals surface area contributed by atoms with Gasteiger partial charge in [0.15, 0.2) is 5.65 Å². The number of benzene rings is 1. The van der Waals surface area contributed by atoms with Gasteiger partial charge in [-0.1, -0.05) is 19.9 Å². The predicted molar refractivity (Wildman–Crippen MR) is 170 cm³/mol. The maximum absolute atomic E-state index is 13.6. The van der Waals surface area contributed by atoms with Crippen molar-refractivity contribution in [2.45, 2.75) is 44.2 Å². The third kappa shape index (κ3) is 6.89. The molecule has 0 radical (unpaired) electrons. The molecule has 0 unspecified atom stereocenters. The molecule has 4 aromatic rings. The molecule has 0 aliphatic carbocycles. The van der Waals surface area contributed by atoms with Crippen molar-refractivity contribution in [1.82, 2.24) is 24.9 Å². The first kappa shape index (κ1) is 30.9. The summed E-state index contributed by atoms with van der Waals surface area (Å²) in [4.78, 5) is 49.5. The molecular formula is C30H35N7O3S2. The molecule has 0 atom stereocenters. The lowest BCUT2D eigenvalue weighted by molar-refractivity contribution is -0.119. The second-order valence-corrected chi connectivity index (χ2v) is 11.1. The van der Waals surface area contributed by atoms with Crippen molar-refractivity contribution in [2.24, 2.45) is 10.7 Å². The van der Waals surface area contributed by atoms with Gasteiger partial charge in [0.2, 0.25) is 6.41 Å². The zero-order chi connectivity index (χ0) is 30.1. The summed E-state index contributed by atoms with van der Waals surface area (Å²) >= 11 is 2.96. The van der Waals surface area contributed by atoms with Crippen LogP contribution in [0, 0.1) is 0 Å². The lowest BCUT2D eigenvalue weighted by Crippen LogP contribution is -2.44. The summed E-state index contributed by atoms with van der Waals surface area (Å²) in [5.41, 5.74) is 9.79. The van der Waals surface area contributed by atoms with Gasteiger partial charge in [0.25, 0.3) is 11.8 Å². The third-order valence-electron chi connectivity index (χ3n) is 6.80. The van der Waals surface area contributed by atoms with Crippen molar-refractivity contribution in [1.29, 1.82) is 0 Å². The molecule has 5 rings (SSSR count). The largest absolute Gasteiger partial charge is 0.348 e. The summed E-state index contributed by atoms with van der Waals surface area (Å²) in [6.45, 7) is 9.09. The second-order valence-electron chi connectivity index (χ2n) is 9.28. The fourth-order valence-corrected chi connectivity index (χ4v) is 6.08. The highest BCUT2D eigenvalue weighted by Gasteiger charge is 2.27. The minimum absolute atomic E-state index is 0.0546. The van der Waals surface area contributed by atoms with E-state index < -0.39 is 0 Å². The summed E-state index contributed by atoms with van der Waals surface area (Å²) in [5.74, 6) is -0.170. The predicted octanol–water partition coefficient (Wildman–Crippen LogP) is 4.71.